The Balaban J connectivity index is 2.52. The van der Waals surface area contributed by atoms with Crippen molar-refractivity contribution < 1.29 is 24.2 Å². The number of amides is 2. The number of nitrogens with one attached hydrogen (secondary N) is 2. The summed E-state index contributed by atoms with van der Waals surface area (Å²) >= 11 is 0. The van der Waals surface area contributed by atoms with E-state index >= 15 is 0 Å². The predicted octanol–water partition coefficient (Wildman–Crippen LogP) is 2.05. The first-order valence-corrected chi connectivity index (χ1v) is 8.16. The van der Waals surface area contributed by atoms with Gasteiger partial charge in [0.05, 0.1) is 6.42 Å². The van der Waals surface area contributed by atoms with Crippen molar-refractivity contribution in [3.8, 4) is 0 Å². The molecule has 3 N–H and O–H groups in total. The third-order valence-corrected chi connectivity index (χ3v) is 3.68. The molecule has 1 rings (SSSR count). The topological polar surface area (TPSA) is 105 Å². The van der Waals surface area contributed by atoms with Crippen LogP contribution < -0.4 is 10.6 Å². The number of carboxylic acid groups (broad SMARTS) is 1. The van der Waals surface area contributed by atoms with Crippen molar-refractivity contribution in [1.82, 2.24) is 10.6 Å². The molecule has 0 heterocycles. The summed E-state index contributed by atoms with van der Waals surface area (Å²) < 4.78 is 5.07. The SMILES string of the molecule is CC(C)(C)OC(=O)N[C@@H](CC(=O)O)C(=O)NCC1CCCCC1. The first-order valence-electron chi connectivity index (χ1n) is 8.16. The average molecular weight is 328 g/mol. The fourth-order valence-corrected chi connectivity index (χ4v) is 2.59. The highest BCUT2D eigenvalue weighted by Gasteiger charge is 2.27. The first-order chi connectivity index (χ1) is 10.7. The Hall–Kier alpha value is -1.79. The summed E-state index contributed by atoms with van der Waals surface area (Å²) in [5.41, 5.74) is -0.712. The van der Waals surface area contributed by atoms with Crippen molar-refractivity contribution in [2.45, 2.75) is 70.9 Å². The number of carbonyl (C=O) groups excluding carboxylic acids is 2. The van der Waals surface area contributed by atoms with E-state index in [0.717, 1.165) is 25.7 Å². The highest BCUT2D eigenvalue weighted by Crippen LogP contribution is 2.22. The summed E-state index contributed by atoms with van der Waals surface area (Å²) in [7, 11) is 0. The van der Waals surface area contributed by atoms with Crippen molar-refractivity contribution >= 4 is 18.0 Å². The molecule has 1 fully saturated rings. The molecule has 0 aliphatic heterocycles. The van der Waals surface area contributed by atoms with E-state index in [1.807, 2.05) is 0 Å². The third-order valence-electron chi connectivity index (χ3n) is 3.68. The van der Waals surface area contributed by atoms with Crippen molar-refractivity contribution in [3.05, 3.63) is 0 Å². The molecule has 0 aromatic heterocycles. The van der Waals surface area contributed by atoms with Crippen molar-refractivity contribution in [2.75, 3.05) is 6.54 Å². The molecule has 0 saturated heterocycles. The number of carboxylic acids is 1. The monoisotopic (exact) mass is 328 g/mol. The molecule has 0 aromatic carbocycles. The van der Waals surface area contributed by atoms with Crippen LogP contribution in [0.2, 0.25) is 0 Å². The molecule has 1 atom stereocenters. The zero-order valence-electron chi connectivity index (χ0n) is 14.2. The normalized spacial score (nSPS) is 17.2. The number of rotatable bonds is 6. The lowest BCUT2D eigenvalue weighted by molar-refractivity contribution is -0.139. The summed E-state index contributed by atoms with van der Waals surface area (Å²) in [4.78, 5) is 34.8. The van der Waals surface area contributed by atoms with Crippen LogP contribution in [0.25, 0.3) is 0 Å². The summed E-state index contributed by atoms with van der Waals surface area (Å²) in [6.45, 7) is 5.61. The molecule has 0 unspecified atom stereocenters. The molecule has 0 aromatic rings. The van der Waals surface area contributed by atoms with Crippen molar-refractivity contribution in [3.63, 3.8) is 0 Å². The van der Waals surface area contributed by atoms with Crippen LogP contribution in [0.3, 0.4) is 0 Å². The van der Waals surface area contributed by atoms with Crippen LogP contribution in [-0.4, -0.2) is 41.3 Å². The van der Waals surface area contributed by atoms with E-state index in [4.69, 9.17) is 9.84 Å². The Morgan fingerprint density at radius 1 is 1.17 bits per heavy atom. The van der Waals surface area contributed by atoms with Gasteiger partial charge in [0.2, 0.25) is 5.91 Å². The number of hydrogen-bond donors (Lipinski definition) is 3. The van der Waals surface area contributed by atoms with Crippen LogP contribution in [0.1, 0.15) is 59.3 Å². The molecule has 1 aliphatic carbocycles. The van der Waals surface area contributed by atoms with Crippen LogP contribution >= 0.6 is 0 Å². The van der Waals surface area contributed by atoms with E-state index in [1.54, 1.807) is 20.8 Å². The fraction of sp³-hybridized carbons (Fsp3) is 0.812. The van der Waals surface area contributed by atoms with Gasteiger partial charge in [0.25, 0.3) is 0 Å². The van der Waals surface area contributed by atoms with Crippen LogP contribution in [0.4, 0.5) is 4.79 Å². The standard InChI is InChI=1S/C16H28N2O5/c1-16(2,3)23-15(22)18-12(9-13(19)20)14(21)17-10-11-7-5-4-6-8-11/h11-12H,4-10H2,1-3H3,(H,17,21)(H,18,22)(H,19,20)/t12-/m0/s1. The van der Waals surface area contributed by atoms with Gasteiger partial charge in [-0.1, -0.05) is 19.3 Å². The molecule has 1 aliphatic rings. The van der Waals surface area contributed by atoms with Crippen molar-refractivity contribution in [2.24, 2.45) is 5.92 Å². The minimum Gasteiger partial charge on any atom is -0.481 e. The Bertz CT molecular complexity index is 425. The molecule has 0 radical (unpaired) electrons. The Morgan fingerprint density at radius 2 is 1.78 bits per heavy atom. The Kier molecular flexibility index (Phi) is 7.32. The maximum Gasteiger partial charge on any atom is 0.408 e. The largest absolute Gasteiger partial charge is 0.481 e. The van der Waals surface area contributed by atoms with Gasteiger partial charge in [-0.2, -0.15) is 0 Å². The predicted molar refractivity (Wildman–Crippen MR) is 85.0 cm³/mol. The second-order valence-corrected chi connectivity index (χ2v) is 7.05. The molecular formula is C16H28N2O5. The van der Waals surface area contributed by atoms with Crippen molar-refractivity contribution in [1.29, 1.82) is 0 Å². The minimum atomic E-state index is -1.15. The molecule has 0 bridgehead atoms. The second kappa shape index (κ2) is 8.74. The van der Waals surface area contributed by atoms with Gasteiger partial charge in [-0.3, -0.25) is 9.59 Å². The Morgan fingerprint density at radius 3 is 2.30 bits per heavy atom. The molecule has 2 amide bonds. The summed E-state index contributed by atoms with van der Waals surface area (Å²) in [5, 5.41) is 14.0. The number of carbonyl (C=O) groups is 3. The van der Waals surface area contributed by atoms with Crippen LogP contribution in [0.5, 0.6) is 0 Å². The van der Waals surface area contributed by atoms with Gasteiger partial charge in [-0.15, -0.1) is 0 Å². The van der Waals surface area contributed by atoms with Gasteiger partial charge in [0.15, 0.2) is 0 Å². The first kappa shape index (κ1) is 19.3. The lowest BCUT2D eigenvalue weighted by Crippen LogP contribution is -2.50. The highest BCUT2D eigenvalue weighted by molar-refractivity contribution is 5.89. The maximum atomic E-state index is 12.2. The lowest BCUT2D eigenvalue weighted by Gasteiger charge is -2.24. The van der Waals surface area contributed by atoms with Crippen LogP contribution in [0.15, 0.2) is 0 Å². The third kappa shape index (κ3) is 8.42. The van der Waals surface area contributed by atoms with Gasteiger partial charge in [0.1, 0.15) is 11.6 Å². The van der Waals surface area contributed by atoms with Gasteiger partial charge >= 0.3 is 12.1 Å². The second-order valence-electron chi connectivity index (χ2n) is 7.05. The molecule has 132 valence electrons. The van der Waals surface area contributed by atoms with Gasteiger partial charge in [0, 0.05) is 6.54 Å². The number of hydrogen-bond acceptors (Lipinski definition) is 4. The fourth-order valence-electron chi connectivity index (χ4n) is 2.59. The molecule has 7 nitrogen and oxygen atoms in total. The van der Waals surface area contributed by atoms with E-state index in [2.05, 4.69) is 10.6 Å². The van der Waals surface area contributed by atoms with Gasteiger partial charge < -0.3 is 20.5 Å². The Labute approximate surface area is 137 Å². The maximum absolute atomic E-state index is 12.2. The molecule has 7 heteroatoms. The minimum absolute atomic E-state index is 0.430. The quantitative estimate of drug-likeness (QED) is 0.692. The average Bonchev–Trinajstić information content (AvgIpc) is 2.42. The molecule has 0 spiro atoms. The zero-order chi connectivity index (χ0) is 17.5. The van der Waals surface area contributed by atoms with E-state index in [-0.39, 0.29) is 0 Å². The number of ether oxygens (including phenoxy) is 1. The summed E-state index contributed by atoms with van der Waals surface area (Å²) in [5.74, 6) is -1.21. The van der Waals surface area contributed by atoms with E-state index in [1.165, 1.54) is 6.42 Å². The van der Waals surface area contributed by atoms with E-state index in [0.29, 0.717) is 12.5 Å². The van der Waals surface area contributed by atoms with E-state index in [9.17, 15) is 14.4 Å². The molecular weight excluding hydrogens is 300 g/mol. The number of alkyl carbamates (subject to hydrolysis) is 1. The lowest BCUT2D eigenvalue weighted by atomic mass is 9.89. The molecule has 1 saturated carbocycles. The smallest absolute Gasteiger partial charge is 0.408 e. The number of aliphatic carboxylic acids is 1. The summed E-state index contributed by atoms with van der Waals surface area (Å²) in [6, 6.07) is -1.13. The van der Waals surface area contributed by atoms with Crippen LogP contribution in [-0.2, 0) is 14.3 Å². The van der Waals surface area contributed by atoms with E-state index < -0.39 is 36.0 Å². The zero-order valence-corrected chi connectivity index (χ0v) is 14.2. The van der Waals surface area contributed by atoms with Gasteiger partial charge in [-0.25, -0.2) is 4.79 Å². The molecule has 23 heavy (non-hydrogen) atoms. The van der Waals surface area contributed by atoms with Crippen LogP contribution in [0, 0.1) is 5.92 Å². The highest BCUT2D eigenvalue weighted by atomic mass is 16.6. The van der Waals surface area contributed by atoms with Gasteiger partial charge in [-0.05, 0) is 39.5 Å². The summed E-state index contributed by atoms with van der Waals surface area (Å²) in [6.07, 6.45) is 4.43.